The standard InChI is InChI=1S/C13H15Cl2N3O2S/c1-9-7-10(2)18(17-9)6-5-16-21(19,20)11-3-4-12(14)13(15)8-11/h3-4,7-8,16H,5-6H2,1-2H3. The van der Waals surface area contributed by atoms with Gasteiger partial charge in [0.05, 0.1) is 27.2 Å². The van der Waals surface area contributed by atoms with E-state index in [1.807, 2.05) is 19.9 Å². The highest BCUT2D eigenvalue weighted by molar-refractivity contribution is 7.89. The van der Waals surface area contributed by atoms with E-state index in [9.17, 15) is 8.42 Å². The minimum absolute atomic E-state index is 0.0882. The van der Waals surface area contributed by atoms with Gasteiger partial charge < -0.3 is 0 Å². The molecule has 1 aromatic carbocycles. The second-order valence-electron chi connectivity index (χ2n) is 4.62. The van der Waals surface area contributed by atoms with Crippen LogP contribution in [0.4, 0.5) is 0 Å². The quantitative estimate of drug-likeness (QED) is 0.904. The third kappa shape index (κ3) is 3.97. The summed E-state index contributed by atoms with van der Waals surface area (Å²) in [4.78, 5) is 0.0882. The van der Waals surface area contributed by atoms with E-state index in [2.05, 4.69) is 9.82 Å². The molecule has 0 aliphatic carbocycles. The van der Waals surface area contributed by atoms with Crippen molar-refractivity contribution in [1.29, 1.82) is 0 Å². The first-order valence-electron chi connectivity index (χ1n) is 6.25. The van der Waals surface area contributed by atoms with Gasteiger partial charge >= 0.3 is 0 Å². The van der Waals surface area contributed by atoms with Crippen molar-refractivity contribution >= 4 is 33.2 Å². The maximum atomic E-state index is 12.1. The molecule has 1 heterocycles. The smallest absolute Gasteiger partial charge is 0.240 e. The topological polar surface area (TPSA) is 64.0 Å². The number of rotatable bonds is 5. The van der Waals surface area contributed by atoms with Crippen molar-refractivity contribution in [3.8, 4) is 0 Å². The Balaban J connectivity index is 2.04. The van der Waals surface area contributed by atoms with E-state index in [1.165, 1.54) is 18.2 Å². The average Bonchev–Trinajstić information content (AvgIpc) is 2.71. The van der Waals surface area contributed by atoms with E-state index >= 15 is 0 Å². The van der Waals surface area contributed by atoms with Crippen molar-refractivity contribution in [2.75, 3.05) is 6.54 Å². The van der Waals surface area contributed by atoms with Crippen LogP contribution in [0.3, 0.4) is 0 Å². The van der Waals surface area contributed by atoms with Gasteiger partial charge in [0.1, 0.15) is 0 Å². The van der Waals surface area contributed by atoms with Crippen molar-refractivity contribution in [3.63, 3.8) is 0 Å². The molecule has 0 bridgehead atoms. The maximum Gasteiger partial charge on any atom is 0.240 e. The van der Waals surface area contributed by atoms with Gasteiger partial charge in [0.2, 0.25) is 10.0 Å². The van der Waals surface area contributed by atoms with Gasteiger partial charge in [0, 0.05) is 12.2 Å². The number of halogens is 2. The summed E-state index contributed by atoms with van der Waals surface area (Å²) < 4.78 is 28.5. The summed E-state index contributed by atoms with van der Waals surface area (Å²) >= 11 is 11.6. The van der Waals surface area contributed by atoms with Crippen LogP contribution in [0.25, 0.3) is 0 Å². The Kier molecular flexibility index (Phi) is 4.93. The lowest BCUT2D eigenvalue weighted by atomic mass is 10.4. The molecule has 114 valence electrons. The predicted octanol–water partition coefficient (Wildman–Crippen LogP) is 2.79. The summed E-state index contributed by atoms with van der Waals surface area (Å²) in [7, 11) is -3.61. The molecule has 2 aromatic rings. The summed E-state index contributed by atoms with van der Waals surface area (Å²) in [6, 6.07) is 6.14. The largest absolute Gasteiger partial charge is 0.268 e. The van der Waals surface area contributed by atoms with E-state index in [1.54, 1.807) is 4.68 Å². The third-order valence-corrected chi connectivity index (χ3v) is 5.12. The van der Waals surface area contributed by atoms with Gasteiger partial charge in [-0.15, -0.1) is 0 Å². The van der Waals surface area contributed by atoms with Gasteiger partial charge in [-0.2, -0.15) is 5.10 Å². The van der Waals surface area contributed by atoms with Crippen LogP contribution in [0.2, 0.25) is 10.0 Å². The molecular weight excluding hydrogens is 333 g/mol. The molecule has 0 fully saturated rings. The van der Waals surface area contributed by atoms with Crippen LogP contribution in [-0.2, 0) is 16.6 Å². The molecule has 0 unspecified atom stereocenters. The van der Waals surface area contributed by atoms with Crippen LogP contribution >= 0.6 is 23.2 Å². The molecule has 1 aromatic heterocycles. The highest BCUT2D eigenvalue weighted by Crippen LogP contribution is 2.24. The lowest BCUT2D eigenvalue weighted by Gasteiger charge is -2.08. The Labute approximate surface area is 133 Å². The molecule has 0 saturated heterocycles. The SMILES string of the molecule is Cc1cc(C)n(CCNS(=O)(=O)c2ccc(Cl)c(Cl)c2)n1. The van der Waals surface area contributed by atoms with E-state index in [-0.39, 0.29) is 16.5 Å². The monoisotopic (exact) mass is 347 g/mol. The molecule has 0 amide bonds. The second kappa shape index (κ2) is 6.36. The van der Waals surface area contributed by atoms with Crippen LogP contribution in [0, 0.1) is 13.8 Å². The van der Waals surface area contributed by atoms with Crippen LogP contribution in [0.1, 0.15) is 11.4 Å². The van der Waals surface area contributed by atoms with Gasteiger partial charge in [0.25, 0.3) is 0 Å². The van der Waals surface area contributed by atoms with Crippen LogP contribution < -0.4 is 4.72 Å². The number of aryl methyl sites for hydroxylation is 2. The molecule has 0 saturated carbocycles. The van der Waals surface area contributed by atoms with E-state index in [4.69, 9.17) is 23.2 Å². The number of hydrogen-bond donors (Lipinski definition) is 1. The van der Waals surface area contributed by atoms with Crippen molar-refractivity contribution in [1.82, 2.24) is 14.5 Å². The Bertz CT molecular complexity index is 757. The zero-order valence-electron chi connectivity index (χ0n) is 11.6. The number of nitrogens with zero attached hydrogens (tertiary/aromatic N) is 2. The first-order chi connectivity index (χ1) is 9.79. The van der Waals surface area contributed by atoms with Crippen LogP contribution in [0.15, 0.2) is 29.2 Å². The molecule has 21 heavy (non-hydrogen) atoms. The molecule has 0 spiro atoms. The first kappa shape index (κ1) is 16.3. The second-order valence-corrected chi connectivity index (χ2v) is 7.21. The number of sulfonamides is 1. The number of aromatic nitrogens is 2. The van der Waals surface area contributed by atoms with Crippen molar-refractivity contribution in [2.24, 2.45) is 0 Å². The predicted molar refractivity (Wildman–Crippen MR) is 83.4 cm³/mol. The van der Waals surface area contributed by atoms with Gasteiger partial charge in [0.15, 0.2) is 0 Å². The molecule has 1 N–H and O–H groups in total. The minimum atomic E-state index is -3.61. The molecule has 8 heteroatoms. The van der Waals surface area contributed by atoms with Crippen molar-refractivity contribution in [2.45, 2.75) is 25.3 Å². The normalized spacial score (nSPS) is 11.8. The number of nitrogens with one attached hydrogen (secondary N) is 1. The molecule has 2 rings (SSSR count). The van der Waals surface area contributed by atoms with Gasteiger partial charge in [-0.3, -0.25) is 4.68 Å². The lowest BCUT2D eigenvalue weighted by molar-refractivity contribution is 0.554. The number of benzene rings is 1. The molecule has 0 aliphatic heterocycles. The van der Waals surface area contributed by atoms with Crippen molar-refractivity contribution in [3.05, 3.63) is 45.7 Å². The number of hydrogen-bond acceptors (Lipinski definition) is 3. The Hall–Kier alpha value is -1.08. The van der Waals surface area contributed by atoms with E-state index in [0.717, 1.165) is 11.4 Å². The van der Waals surface area contributed by atoms with E-state index in [0.29, 0.717) is 11.6 Å². The summed E-state index contributed by atoms with van der Waals surface area (Å²) in [6.45, 7) is 4.52. The Morgan fingerprint density at radius 3 is 2.48 bits per heavy atom. The summed E-state index contributed by atoms with van der Waals surface area (Å²) in [5, 5.41) is 4.80. The summed E-state index contributed by atoms with van der Waals surface area (Å²) in [5.41, 5.74) is 1.89. The fourth-order valence-corrected chi connectivity index (χ4v) is 3.32. The zero-order valence-corrected chi connectivity index (χ0v) is 13.9. The van der Waals surface area contributed by atoms with Crippen LogP contribution in [-0.4, -0.2) is 24.7 Å². The highest BCUT2D eigenvalue weighted by atomic mass is 35.5. The maximum absolute atomic E-state index is 12.1. The zero-order chi connectivity index (χ0) is 15.6. The Morgan fingerprint density at radius 2 is 1.90 bits per heavy atom. The van der Waals surface area contributed by atoms with Gasteiger partial charge in [-0.1, -0.05) is 23.2 Å². The minimum Gasteiger partial charge on any atom is -0.268 e. The first-order valence-corrected chi connectivity index (χ1v) is 8.49. The fourth-order valence-electron chi connectivity index (χ4n) is 1.91. The summed E-state index contributed by atoms with van der Waals surface area (Å²) in [6.07, 6.45) is 0. The third-order valence-electron chi connectivity index (χ3n) is 2.92. The van der Waals surface area contributed by atoms with Gasteiger partial charge in [-0.05, 0) is 38.1 Å². The van der Waals surface area contributed by atoms with Crippen molar-refractivity contribution < 1.29 is 8.42 Å². The lowest BCUT2D eigenvalue weighted by Crippen LogP contribution is -2.28. The van der Waals surface area contributed by atoms with Gasteiger partial charge in [-0.25, -0.2) is 13.1 Å². The Morgan fingerprint density at radius 1 is 1.19 bits per heavy atom. The molecular formula is C13H15Cl2N3O2S. The molecule has 0 aliphatic rings. The van der Waals surface area contributed by atoms with Crippen LogP contribution in [0.5, 0.6) is 0 Å². The highest BCUT2D eigenvalue weighted by Gasteiger charge is 2.15. The summed E-state index contributed by atoms with van der Waals surface area (Å²) in [5.74, 6) is 0. The fraction of sp³-hybridized carbons (Fsp3) is 0.308. The molecule has 0 radical (unpaired) electrons. The molecule has 0 atom stereocenters. The van der Waals surface area contributed by atoms with E-state index < -0.39 is 10.0 Å². The molecule has 5 nitrogen and oxygen atoms in total. The average molecular weight is 348 g/mol.